The van der Waals surface area contributed by atoms with Crippen molar-refractivity contribution in [1.82, 2.24) is 10.1 Å². The zero-order valence-corrected chi connectivity index (χ0v) is 20.9. The van der Waals surface area contributed by atoms with Gasteiger partial charge >= 0.3 is 13.7 Å². The maximum atomic E-state index is 13.9. The molecule has 1 heterocycles. The Labute approximate surface area is 200 Å². The summed E-state index contributed by atoms with van der Waals surface area (Å²) in [5.74, 6) is -0.314. The predicted octanol–water partition coefficient (Wildman–Crippen LogP) is 4.10. The normalized spacial score (nSPS) is 15.9. The molecule has 1 aromatic carbocycles. The van der Waals surface area contributed by atoms with E-state index >= 15 is 0 Å². The summed E-state index contributed by atoms with van der Waals surface area (Å²) in [6, 6.07) is 4.62. The summed E-state index contributed by atoms with van der Waals surface area (Å²) >= 11 is 0. The van der Waals surface area contributed by atoms with Crippen molar-refractivity contribution in [2.24, 2.45) is 0 Å². The van der Waals surface area contributed by atoms with Crippen LogP contribution >= 0.6 is 7.75 Å². The average molecular weight is 493 g/mol. The predicted molar refractivity (Wildman–Crippen MR) is 126 cm³/mol. The van der Waals surface area contributed by atoms with Crippen LogP contribution in [-0.4, -0.2) is 33.3 Å². The number of hydrogen-bond donors (Lipinski definition) is 3. The van der Waals surface area contributed by atoms with E-state index < -0.39 is 26.4 Å². The lowest BCUT2D eigenvalue weighted by Crippen LogP contribution is -2.36. The Morgan fingerprint density at radius 2 is 1.97 bits per heavy atom. The Hall–Kier alpha value is -2.45. The molecular weight excluding hydrogens is 459 g/mol. The Kier molecular flexibility index (Phi) is 8.71. The highest BCUT2D eigenvalue weighted by Gasteiger charge is 2.34. The summed E-state index contributed by atoms with van der Waals surface area (Å²) < 4.78 is 30.8. The van der Waals surface area contributed by atoms with Crippen molar-refractivity contribution < 1.29 is 33.4 Å². The van der Waals surface area contributed by atoms with E-state index in [2.05, 4.69) is 10.1 Å². The molecule has 0 saturated heterocycles. The Morgan fingerprint density at radius 1 is 1.24 bits per heavy atom. The van der Waals surface area contributed by atoms with Gasteiger partial charge in [0.2, 0.25) is 0 Å². The fourth-order valence-electron chi connectivity index (χ4n) is 3.82. The van der Waals surface area contributed by atoms with E-state index in [4.69, 9.17) is 13.8 Å². The van der Waals surface area contributed by atoms with Gasteiger partial charge in [-0.05, 0) is 70.6 Å². The molecule has 1 aliphatic rings. The zero-order chi connectivity index (χ0) is 24.9. The molecule has 0 aliphatic heterocycles. The van der Waals surface area contributed by atoms with Crippen LogP contribution in [0.1, 0.15) is 61.6 Å². The Morgan fingerprint density at radius 3 is 2.68 bits per heavy atom. The molecule has 9 nitrogen and oxygen atoms in total. The fourth-order valence-corrected chi connectivity index (χ4v) is 5.31. The van der Waals surface area contributed by atoms with Crippen molar-refractivity contribution in [2.75, 3.05) is 0 Å². The SMILES string of the molecule is Cc1ncc(COP(=O)(N[C@@H](C)C(=O)OC(C)C)Oc2cccc3c2CCCC3)c(CO)c1O. The van der Waals surface area contributed by atoms with E-state index in [-0.39, 0.29) is 24.0 Å². The second kappa shape index (κ2) is 11.3. The van der Waals surface area contributed by atoms with Gasteiger partial charge in [-0.1, -0.05) is 12.1 Å². The molecule has 1 aliphatic carbocycles. The number of aliphatic hydroxyl groups excluding tert-OH is 1. The average Bonchev–Trinajstić information content (AvgIpc) is 2.79. The number of hydrogen-bond acceptors (Lipinski definition) is 8. The largest absolute Gasteiger partial charge is 0.506 e. The molecule has 0 saturated carbocycles. The molecule has 0 fully saturated rings. The minimum atomic E-state index is -4.11. The molecule has 34 heavy (non-hydrogen) atoms. The summed E-state index contributed by atoms with van der Waals surface area (Å²) in [5, 5.41) is 22.6. The zero-order valence-electron chi connectivity index (χ0n) is 20.0. The number of ether oxygens (including phenoxy) is 1. The minimum absolute atomic E-state index is 0.154. The van der Waals surface area contributed by atoms with E-state index in [0.29, 0.717) is 17.0 Å². The second-order valence-corrected chi connectivity index (χ2v) is 10.3. The van der Waals surface area contributed by atoms with Gasteiger partial charge in [0.05, 0.1) is 25.0 Å². The van der Waals surface area contributed by atoms with Crippen molar-refractivity contribution in [3.8, 4) is 11.5 Å². The van der Waals surface area contributed by atoms with Crippen LogP contribution in [0.4, 0.5) is 0 Å². The lowest BCUT2D eigenvalue weighted by molar-refractivity contribution is -0.149. The first-order valence-corrected chi connectivity index (χ1v) is 13.0. The topological polar surface area (TPSA) is 127 Å². The summed E-state index contributed by atoms with van der Waals surface area (Å²) in [7, 11) is -4.11. The van der Waals surface area contributed by atoms with E-state index in [1.165, 1.54) is 13.1 Å². The number of esters is 1. The maximum Gasteiger partial charge on any atom is 0.459 e. The lowest BCUT2D eigenvalue weighted by atomic mass is 9.91. The summed E-state index contributed by atoms with van der Waals surface area (Å²) in [5.41, 5.74) is 3.04. The van der Waals surface area contributed by atoms with Crippen LogP contribution in [0, 0.1) is 6.92 Å². The number of aryl methyl sites for hydroxylation is 2. The van der Waals surface area contributed by atoms with Crippen molar-refractivity contribution in [3.05, 3.63) is 52.3 Å². The molecular formula is C24H33N2O7P. The van der Waals surface area contributed by atoms with Crippen LogP contribution in [0.5, 0.6) is 11.5 Å². The first-order chi connectivity index (χ1) is 16.1. The molecule has 1 aromatic heterocycles. The number of benzene rings is 1. The van der Waals surface area contributed by atoms with Crippen LogP contribution in [0.15, 0.2) is 24.4 Å². The van der Waals surface area contributed by atoms with Gasteiger partial charge in [0.1, 0.15) is 17.5 Å². The Bertz CT molecular complexity index is 1070. The van der Waals surface area contributed by atoms with Crippen molar-refractivity contribution in [3.63, 3.8) is 0 Å². The number of rotatable bonds is 10. The van der Waals surface area contributed by atoms with E-state index in [0.717, 1.165) is 36.8 Å². The number of fused-ring (bicyclic) bond motifs is 1. The molecule has 0 bridgehead atoms. The van der Waals surface area contributed by atoms with Crippen LogP contribution < -0.4 is 9.61 Å². The molecule has 186 valence electrons. The number of nitrogens with zero attached hydrogens (tertiary/aromatic N) is 1. The molecule has 2 aromatic rings. The third-order valence-corrected chi connectivity index (χ3v) is 7.22. The second-order valence-electron chi connectivity index (χ2n) is 8.65. The number of carbonyl (C=O) groups is 1. The number of aliphatic hydroxyl groups is 1. The van der Waals surface area contributed by atoms with E-state index in [9.17, 15) is 19.6 Å². The number of aromatic hydroxyl groups is 1. The van der Waals surface area contributed by atoms with Gasteiger partial charge in [-0.25, -0.2) is 4.57 Å². The van der Waals surface area contributed by atoms with Crippen LogP contribution in [0.3, 0.4) is 0 Å². The van der Waals surface area contributed by atoms with Gasteiger partial charge in [-0.15, -0.1) is 0 Å². The quantitative estimate of drug-likeness (QED) is 0.332. The van der Waals surface area contributed by atoms with Crippen molar-refractivity contribution >= 4 is 13.7 Å². The summed E-state index contributed by atoms with van der Waals surface area (Å²) in [6.45, 7) is 5.84. The minimum Gasteiger partial charge on any atom is -0.506 e. The molecule has 3 N–H and O–H groups in total. The monoisotopic (exact) mass is 492 g/mol. The number of carbonyl (C=O) groups excluding carboxylic acids is 1. The summed E-state index contributed by atoms with van der Waals surface area (Å²) in [6.07, 6.45) is 4.88. The van der Waals surface area contributed by atoms with Crippen LogP contribution in [0.2, 0.25) is 0 Å². The fraction of sp³-hybridized carbons (Fsp3) is 0.500. The molecule has 10 heteroatoms. The highest BCUT2D eigenvalue weighted by atomic mass is 31.2. The highest BCUT2D eigenvalue weighted by Crippen LogP contribution is 2.48. The number of nitrogens with one attached hydrogen (secondary N) is 1. The molecule has 3 rings (SSSR count). The lowest BCUT2D eigenvalue weighted by Gasteiger charge is -2.26. The number of pyridine rings is 1. The smallest absolute Gasteiger partial charge is 0.459 e. The Balaban J connectivity index is 1.89. The molecule has 0 spiro atoms. The van der Waals surface area contributed by atoms with Gasteiger partial charge < -0.3 is 19.5 Å². The van der Waals surface area contributed by atoms with Crippen LogP contribution in [-0.2, 0) is 44.7 Å². The van der Waals surface area contributed by atoms with Crippen molar-refractivity contribution in [1.29, 1.82) is 0 Å². The van der Waals surface area contributed by atoms with Gasteiger partial charge in [-0.3, -0.25) is 14.3 Å². The first-order valence-electron chi connectivity index (χ1n) is 11.4. The molecule has 1 unspecified atom stereocenters. The van der Waals surface area contributed by atoms with E-state index in [1.807, 2.05) is 12.1 Å². The van der Waals surface area contributed by atoms with Gasteiger partial charge in [0.25, 0.3) is 0 Å². The first kappa shape index (κ1) is 26.2. The number of aromatic nitrogens is 1. The van der Waals surface area contributed by atoms with Gasteiger partial charge in [-0.2, -0.15) is 5.09 Å². The molecule has 0 amide bonds. The third-order valence-electron chi connectivity index (χ3n) is 5.61. The highest BCUT2D eigenvalue weighted by molar-refractivity contribution is 7.52. The third kappa shape index (κ3) is 6.36. The molecule has 0 radical (unpaired) electrons. The van der Waals surface area contributed by atoms with E-state index in [1.54, 1.807) is 26.8 Å². The van der Waals surface area contributed by atoms with Crippen LogP contribution in [0.25, 0.3) is 0 Å². The summed E-state index contributed by atoms with van der Waals surface area (Å²) in [4.78, 5) is 16.5. The standard InChI is InChI=1S/C24H33N2O7P/c1-15(2)32-24(29)17(4)26-34(30,31-14-19-12-25-16(3)23(28)21(19)13-27)33-22-11-7-9-18-8-5-6-10-20(18)22/h7,9,11-12,15,17,27-28H,5-6,8,10,13-14H2,1-4H3,(H,26,30)/t17-,34?/m0/s1. The van der Waals surface area contributed by atoms with Crippen molar-refractivity contribution in [2.45, 2.75) is 78.7 Å². The molecule has 2 atom stereocenters. The van der Waals surface area contributed by atoms with Gasteiger partial charge in [0, 0.05) is 17.3 Å². The maximum absolute atomic E-state index is 13.9. The van der Waals surface area contributed by atoms with Gasteiger partial charge in [0.15, 0.2) is 0 Å².